The van der Waals surface area contributed by atoms with Crippen LogP contribution in [0.5, 0.6) is 0 Å². The first-order valence-corrected chi connectivity index (χ1v) is 25.4. The Morgan fingerprint density at radius 3 is 1.97 bits per heavy atom. The average molecular weight is 929 g/mol. The minimum Gasteiger partial charge on any atom is -0.748 e. The summed E-state index contributed by atoms with van der Waals surface area (Å²) >= 11 is 0. The molecule has 0 radical (unpaired) electrons. The fourth-order valence-corrected chi connectivity index (χ4v) is 10.0. The number of nitrogens with zero attached hydrogens (tertiary/aromatic N) is 2. The molecule has 0 bridgehead atoms. The molecule has 336 valence electrons. The maximum Gasteiger partial charge on any atom is 0.303 e. The van der Waals surface area contributed by atoms with Gasteiger partial charge in [-0.15, -0.1) is 0 Å². The summed E-state index contributed by atoms with van der Waals surface area (Å²) in [7, 11) is -16.6. The van der Waals surface area contributed by atoms with Crippen LogP contribution in [-0.4, -0.2) is 112 Å². The number of anilines is 1. The van der Waals surface area contributed by atoms with Gasteiger partial charge in [0.25, 0.3) is 30.4 Å². The van der Waals surface area contributed by atoms with Crippen molar-refractivity contribution in [1.82, 2.24) is 0 Å². The van der Waals surface area contributed by atoms with Gasteiger partial charge in [-0.05, 0) is 94.3 Å². The van der Waals surface area contributed by atoms with E-state index in [-0.39, 0.29) is 48.5 Å². The van der Waals surface area contributed by atoms with Gasteiger partial charge in [0.05, 0.1) is 37.7 Å². The molecule has 2 aliphatic rings. The van der Waals surface area contributed by atoms with Crippen molar-refractivity contribution in [2.45, 2.75) is 85.8 Å². The van der Waals surface area contributed by atoms with Gasteiger partial charge in [-0.25, -0.2) is 8.42 Å². The van der Waals surface area contributed by atoms with Crippen LogP contribution in [0, 0.1) is 0 Å². The van der Waals surface area contributed by atoms with Gasteiger partial charge in [0.2, 0.25) is 5.69 Å². The number of methoxy groups -OCH3 is 1. The fraction of sp³-hybridized carbons (Fsp3) is 0.450. The van der Waals surface area contributed by atoms with E-state index in [9.17, 15) is 56.7 Å². The van der Waals surface area contributed by atoms with E-state index in [1.54, 1.807) is 68.5 Å². The molecule has 0 aromatic heterocycles. The lowest BCUT2D eigenvalue weighted by Crippen LogP contribution is -2.32. The van der Waals surface area contributed by atoms with Gasteiger partial charge in [0, 0.05) is 66.8 Å². The van der Waals surface area contributed by atoms with E-state index < -0.39 is 68.8 Å². The first-order chi connectivity index (χ1) is 28.3. The summed E-state index contributed by atoms with van der Waals surface area (Å²) in [6.07, 6.45) is 14.0. The Balaban J connectivity index is 1.73. The molecule has 2 aliphatic heterocycles. The number of rotatable bonds is 23. The Bertz CT molecular complexity index is 2580. The molecule has 61 heavy (non-hydrogen) atoms. The minimum atomic E-state index is -4.61. The highest BCUT2D eigenvalue weighted by atomic mass is 32.2. The first-order valence-electron chi connectivity index (χ1n) is 19.3. The van der Waals surface area contributed by atoms with Gasteiger partial charge in [-0.2, -0.15) is 29.8 Å². The van der Waals surface area contributed by atoms with E-state index >= 15 is 0 Å². The maximum absolute atomic E-state index is 12.2. The van der Waals surface area contributed by atoms with E-state index in [0.29, 0.717) is 66.3 Å². The van der Waals surface area contributed by atoms with Crippen molar-refractivity contribution in [2.24, 2.45) is 0 Å². The van der Waals surface area contributed by atoms with Gasteiger partial charge in [-0.3, -0.25) is 18.5 Å². The van der Waals surface area contributed by atoms with Gasteiger partial charge in [-0.1, -0.05) is 30.4 Å². The number of ether oxygens (including phenoxy) is 1. The zero-order valence-electron chi connectivity index (χ0n) is 34.0. The van der Waals surface area contributed by atoms with Gasteiger partial charge in [0.1, 0.15) is 6.54 Å². The molecule has 0 spiro atoms. The largest absolute Gasteiger partial charge is 0.748 e. The molecule has 2 aromatic carbocycles. The number of unbranched alkanes of at least 4 members (excludes halogenated alkanes) is 2. The van der Waals surface area contributed by atoms with Crippen molar-refractivity contribution >= 4 is 63.5 Å². The molecular formula is C40H52N2O15S4. The Kier molecular flexibility index (Phi) is 16.2. The third kappa shape index (κ3) is 13.0. The monoisotopic (exact) mass is 928 g/mol. The normalized spacial score (nSPS) is 20.5. The van der Waals surface area contributed by atoms with E-state index in [0.717, 1.165) is 0 Å². The summed E-state index contributed by atoms with van der Waals surface area (Å²) in [5.74, 6) is -2.11. The van der Waals surface area contributed by atoms with Crippen LogP contribution in [0.25, 0.3) is 0 Å². The molecule has 2 heterocycles. The number of carboxylic acid groups (broad SMARTS) is 1. The molecule has 0 fully saturated rings. The highest BCUT2D eigenvalue weighted by Crippen LogP contribution is 2.51. The third-order valence-corrected chi connectivity index (χ3v) is 14.2. The molecule has 17 nitrogen and oxygen atoms in total. The summed E-state index contributed by atoms with van der Waals surface area (Å²) in [6.45, 7) is 4.60. The Morgan fingerprint density at radius 2 is 1.36 bits per heavy atom. The Hall–Kier alpha value is -4.06. The van der Waals surface area contributed by atoms with Crippen LogP contribution in [0.15, 0.2) is 94.4 Å². The van der Waals surface area contributed by atoms with E-state index in [1.165, 1.54) is 31.4 Å². The SMILES string of the molecule is COCCN1C(=CC=CC=CC=CC2=[N+](CCCCCC(=O)O)c3ccc(S(=O)(=O)O)cc3C2(C)CCCS(=O)(=O)O)C(C)(CCCS(=O)(=O)[O-])c2cc(S(=O)(=O)O)ccc21. The Morgan fingerprint density at radius 1 is 0.770 bits per heavy atom. The van der Waals surface area contributed by atoms with Crippen LogP contribution in [0.1, 0.15) is 76.3 Å². The molecular weight excluding hydrogens is 877 g/mol. The summed E-state index contributed by atoms with van der Waals surface area (Å²) in [5.41, 5.74) is 1.56. The number of carbonyl (C=O) groups is 1. The van der Waals surface area contributed by atoms with E-state index in [1.807, 2.05) is 9.48 Å². The summed E-state index contributed by atoms with van der Waals surface area (Å²) in [5, 5.41) is 9.09. The number of allylic oxidation sites excluding steroid dienone is 8. The molecule has 0 aliphatic carbocycles. The number of fused-ring (bicyclic) bond motifs is 2. The zero-order valence-corrected chi connectivity index (χ0v) is 37.3. The van der Waals surface area contributed by atoms with Crippen molar-refractivity contribution in [3.8, 4) is 0 Å². The second-order valence-electron chi connectivity index (χ2n) is 15.3. The number of hydrogen-bond donors (Lipinski definition) is 4. The predicted octanol–water partition coefficient (Wildman–Crippen LogP) is 5.15. The lowest BCUT2D eigenvalue weighted by molar-refractivity contribution is -0.438. The highest BCUT2D eigenvalue weighted by Gasteiger charge is 2.48. The van der Waals surface area contributed by atoms with Crippen molar-refractivity contribution in [1.29, 1.82) is 0 Å². The molecule has 21 heteroatoms. The minimum absolute atomic E-state index is 0.00872. The lowest BCUT2D eigenvalue weighted by atomic mass is 9.76. The molecule has 4 N–H and O–H groups in total. The zero-order chi connectivity index (χ0) is 45.4. The molecule has 2 unspecified atom stereocenters. The van der Waals surface area contributed by atoms with Gasteiger partial charge < -0.3 is 19.3 Å². The topological polar surface area (TPSA) is 273 Å². The van der Waals surface area contributed by atoms with Crippen LogP contribution in [0.4, 0.5) is 11.4 Å². The van der Waals surface area contributed by atoms with Crippen molar-refractivity contribution in [2.75, 3.05) is 43.2 Å². The van der Waals surface area contributed by atoms with Gasteiger partial charge in [0.15, 0.2) is 5.71 Å². The third-order valence-electron chi connectivity index (χ3n) is 10.9. The molecule has 4 rings (SSSR count). The molecule has 0 saturated heterocycles. The maximum atomic E-state index is 12.2. The van der Waals surface area contributed by atoms with Crippen molar-refractivity contribution in [3.05, 3.63) is 95.8 Å². The second kappa shape index (κ2) is 20.0. The summed E-state index contributed by atoms with van der Waals surface area (Å²) in [4.78, 5) is 12.3. The van der Waals surface area contributed by atoms with Crippen molar-refractivity contribution < 1.29 is 71.1 Å². The van der Waals surface area contributed by atoms with Crippen LogP contribution in [0.2, 0.25) is 0 Å². The molecule has 2 atom stereocenters. The number of aliphatic carboxylic acids is 1. The van der Waals surface area contributed by atoms with E-state index in [4.69, 9.17) is 9.84 Å². The highest BCUT2D eigenvalue weighted by molar-refractivity contribution is 7.86. The van der Waals surface area contributed by atoms with Gasteiger partial charge >= 0.3 is 5.97 Å². The Labute approximate surface area is 357 Å². The smallest absolute Gasteiger partial charge is 0.303 e. The summed E-state index contributed by atoms with van der Waals surface area (Å²) in [6, 6.07) is 8.31. The second-order valence-corrected chi connectivity index (χ2v) is 21.2. The lowest BCUT2D eigenvalue weighted by Gasteiger charge is -2.30. The number of carboxylic acids is 1. The average Bonchev–Trinajstić information content (AvgIpc) is 3.51. The predicted molar refractivity (Wildman–Crippen MR) is 227 cm³/mol. The van der Waals surface area contributed by atoms with Crippen LogP contribution >= 0.6 is 0 Å². The molecule has 0 amide bonds. The summed E-state index contributed by atoms with van der Waals surface area (Å²) < 4.78 is 143. The molecule has 2 aromatic rings. The van der Waals surface area contributed by atoms with Crippen LogP contribution in [0.3, 0.4) is 0 Å². The first kappa shape index (κ1) is 49.6. The molecule has 0 saturated carbocycles. The van der Waals surface area contributed by atoms with E-state index in [2.05, 4.69) is 0 Å². The standard InChI is InChI=1S/C40H52N2O15S4/c1-39(21-12-26-58(45,46)47)32-28-30(60(51,52)53)17-19-34(32)41(23-11-7-10-16-38(43)44)36(39)14-8-5-4-6-9-15-37-40(2,22-13-27-59(48,49)50)33-29-31(61(54,55)56)18-20-35(33)42(37)24-25-57-3/h4-6,8-9,14-15,17-20,28-29H,7,10-13,16,21-27H2,1-3H3,(H4-,43,44,45,46,47,48,49,50,51,52,53,54,55,56). The quantitative estimate of drug-likeness (QED) is 0.0485. The fourth-order valence-electron chi connectivity index (χ4n) is 7.99. The number of hydrogen-bond acceptors (Lipinski definition) is 12. The van der Waals surface area contributed by atoms with Crippen LogP contribution < -0.4 is 4.90 Å². The number of benzene rings is 2. The van der Waals surface area contributed by atoms with Crippen LogP contribution in [-0.2, 0) is 60.8 Å². The van der Waals surface area contributed by atoms with Crippen molar-refractivity contribution in [3.63, 3.8) is 0 Å².